The molecule has 6 heteroatoms. The van der Waals surface area contributed by atoms with Gasteiger partial charge in [-0.25, -0.2) is 0 Å². The van der Waals surface area contributed by atoms with Crippen molar-refractivity contribution in [2.45, 2.75) is 303 Å². The highest BCUT2D eigenvalue weighted by Gasteiger charge is 2.19. The van der Waals surface area contributed by atoms with Gasteiger partial charge in [0, 0.05) is 19.3 Å². The molecule has 0 heterocycles. The number of unbranched alkanes of at least 4 members (excludes halogenated alkanes) is 28. The normalized spacial score (nSPS) is 12.8. The van der Waals surface area contributed by atoms with Crippen molar-refractivity contribution in [3.8, 4) is 0 Å². The number of esters is 3. The van der Waals surface area contributed by atoms with E-state index in [9.17, 15) is 14.4 Å². The van der Waals surface area contributed by atoms with Crippen LogP contribution in [0.25, 0.3) is 0 Å². The van der Waals surface area contributed by atoms with Crippen molar-refractivity contribution in [3.63, 3.8) is 0 Å². The zero-order valence-electron chi connectivity index (χ0n) is 49.7. The quantitative estimate of drug-likeness (QED) is 0.0261. The Labute approximate surface area is 470 Å². The van der Waals surface area contributed by atoms with Crippen LogP contribution in [-0.4, -0.2) is 37.2 Å². The lowest BCUT2D eigenvalue weighted by Gasteiger charge is -2.18. The first-order chi connectivity index (χ1) is 37.5. The van der Waals surface area contributed by atoms with Crippen LogP contribution in [0.3, 0.4) is 0 Å². The van der Waals surface area contributed by atoms with Crippen LogP contribution in [0.2, 0.25) is 0 Å². The summed E-state index contributed by atoms with van der Waals surface area (Å²) >= 11 is 0. The number of rotatable bonds is 57. The van der Waals surface area contributed by atoms with Gasteiger partial charge in [0.1, 0.15) is 13.2 Å². The van der Waals surface area contributed by atoms with Crippen molar-refractivity contribution in [1.29, 1.82) is 0 Å². The number of hydrogen-bond donors (Lipinski definition) is 0. The lowest BCUT2D eigenvalue weighted by atomic mass is 10.0. The average Bonchev–Trinajstić information content (AvgIpc) is 3.42. The molecular weight excluding hydrogens is 937 g/mol. The first-order valence-corrected chi connectivity index (χ1v) is 31.9. The first-order valence-electron chi connectivity index (χ1n) is 31.9. The molecule has 6 nitrogen and oxygen atoms in total. The van der Waals surface area contributed by atoms with Crippen LogP contribution in [-0.2, 0) is 28.6 Å². The van der Waals surface area contributed by atoms with Gasteiger partial charge < -0.3 is 14.2 Å². The van der Waals surface area contributed by atoms with E-state index < -0.39 is 6.10 Å². The number of ether oxygens (including phenoxy) is 3. The lowest BCUT2D eigenvalue weighted by Crippen LogP contribution is -2.30. The molecule has 1 atom stereocenters. The topological polar surface area (TPSA) is 78.9 Å². The second-order valence-corrected chi connectivity index (χ2v) is 20.9. The van der Waals surface area contributed by atoms with Gasteiger partial charge in [-0.15, -0.1) is 0 Å². The summed E-state index contributed by atoms with van der Waals surface area (Å²) in [4.78, 5) is 38.1. The van der Waals surface area contributed by atoms with Crippen molar-refractivity contribution in [2.24, 2.45) is 0 Å². The van der Waals surface area contributed by atoms with Crippen LogP contribution in [0.5, 0.6) is 0 Å². The highest BCUT2D eigenvalue weighted by atomic mass is 16.6. The van der Waals surface area contributed by atoms with E-state index in [1.54, 1.807) is 0 Å². The van der Waals surface area contributed by atoms with Crippen molar-refractivity contribution in [1.82, 2.24) is 0 Å². The Balaban J connectivity index is 4.06. The van der Waals surface area contributed by atoms with Crippen LogP contribution in [0, 0.1) is 0 Å². The molecule has 0 radical (unpaired) electrons. The van der Waals surface area contributed by atoms with E-state index in [1.165, 1.54) is 116 Å². The number of hydrogen-bond acceptors (Lipinski definition) is 6. The standard InChI is InChI=1S/C70H118O6/c1-4-7-10-13-16-19-22-24-25-26-27-28-29-30-31-32-33-34-35-36-37-38-39-40-41-42-43-44-45-47-48-51-54-57-60-63-69(72)75-66-67(65-74-68(71)62-59-56-53-50-21-18-15-12-9-6-3)76-70(73)64-61-58-55-52-49-46-23-20-17-14-11-8-5-2/h7,10-12,14-16,19-20,23-25,27-28,30-31,33-34,67H,4-6,8-9,13,17-18,21-22,26,29,32,35-66H2,1-3H3/b10-7-,14-11-,15-12-,19-16-,23-20-,25-24-,28-27-,31-30-,34-33-. The van der Waals surface area contributed by atoms with Gasteiger partial charge in [-0.3, -0.25) is 14.4 Å². The van der Waals surface area contributed by atoms with E-state index in [0.717, 1.165) is 141 Å². The molecule has 0 amide bonds. The zero-order chi connectivity index (χ0) is 55.0. The number of carbonyl (C=O) groups excluding carboxylic acids is 3. The Kier molecular flexibility index (Phi) is 60.3. The van der Waals surface area contributed by atoms with Gasteiger partial charge in [0.15, 0.2) is 6.10 Å². The summed E-state index contributed by atoms with van der Waals surface area (Å²) in [6, 6.07) is 0. The third-order valence-corrected chi connectivity index (χ3v) is 13.4. The minimum Gasteiger partial charge on any atom is -0.462 e. The summed E-state index contributed by atoms with van der Waals surface area (Å²) < 4.78 is 16.8. The van der Waals surface area contributed by atoms with Crippen LogP contribution in [0.15, 0.2) is 109 Å². The maximum Gasteiger partial charge on any atom is 0.306 e. The molecule has 0 aliphatic carbocycles. The van der Waals surface area contributed by atoms with Crippen LogP contribution >= 0.6 is 0 Å². The molecule has 0 bridgehead atoms. The fourth-order valence-corrected chi connectivity index (χ4v) is 8.72. The van der Waals surface area contributed by atoms with Gasteiger partial charge in [-0.05, 0) is 116 Å². The average molecular weight is 1060 g/mol. The molecule has 0 spiro atoms. The summed E-state index contributed by atoms with van der Waals surface area (Å²) in [5, 5.41) is 0. The van der Waals surface area contributed by atoms with Crippen molar-refractivity contribution in [3.05, 3.63) is 109 Å². The summed E-state index contributed by atoms with van der Waals surface area (Å²) in [5.74, 6) is -0.905. The summed E-state index contributed by atoms with van der Waals surface area (Å²) in [6.45, 7) is 6.39. The Morgan fingerprint density at radius 3 is 0.829 bits per heavy atom. The summed E-state index contributed by atoms with van der Waals surface area (Å²) in [6.07, 6.45) is 86.9. The monoisotopic (exact) mass is 1050 g/mol. The third-order valence-electron chi connectivity index (χ3n) is 13.4. The highest BCUT2D eigenvalue weighted by molar-refractivity contribution is 5.71. The first kappa shape index (κ1) is 72.1. The summed E-state index contributed by atoms with van der Waals surface area (Å²) in [7, 11) is 0. The van der Waals surface area contributed by atoms with Gasteiger partial charge in [0.05, 0.1) is 0 Å². The van der Waals surface area contributed by atoms with Gasteiger partial charge in [-0.2, -0.15) is 0 Å². The Morgan fingerprint density at radius 2 is 0.513 bits per heavy atom. The van der Waals surface area contributed by atoms with Crippen molar-refractivity contribution in [2.75, 3.05) is 13.2 Å². The van der Waals surface area contributed by atoms with Gasteiger partial charge in [0.2, 0.25) is 0 Å². The van der Waals surface area contributed by atoms with Crippen molar-refractivity contribution < 1.29 is 28.6 Å². The Bertz CT molecular complexity index is 1540. The molecule has 0 saturated heterocycles. The molecule has 0 aliphatic rings. The zero-order valence-corrected chi connectivity index (χ0v) is 49.7. The van der Waals surface area contributed by atoms with Gasteiger partial charge >= 0.3 is 17.9 Å². The molecule has 0 aromatic carbocycles. The molecule has 0 aromatic heterocycles. The molecule has 0 saturated carbocycles. The van der Waals surface area contributed by atoms with E-state index in [1.807, 2.05) is 0 Å². The maximum absolute atomic E-state index is 12.8. The molecule has 0 aliphatic heterocycles. The Hall–Kier alpha value is -3.93. The smallest absolute Gasteiger partial charge is 0.306 e. The molecule has 1 unspecified atom stereocenters. The van der Waals surface area contributed by atoms with Crippen molar-refractivity contribution >= 4 is 17.9 Å². The molecule has 0 fully saturated rings. The van der Waals surface area contributed by atoms with Gasteiger partial charge in [-0.1, -0.05) is 271 Å². The maximum atomic E-state index is 12.8. The predicted molar refractivity (Wildman–Crippen MR) is 330 cm³/mol. The minimum absolute atomic E-state index is 0.0845. The van der Waals surface area contributed by atoms with E-state index in [-0.39, 0.29) is 31.1 Å². The predicted octanol–water partition coefficient (Wildman–Crippen LogP) is 21.8. The largest absolute Gasteiger partial charge is 0.462 e. The SMILES string of the molecule is CC/C=C\C/C=C\C/C=C\C/C=C\C/C=C\C/C=C\CCCCCCCCCCCCCCCCCCC(=O)OCC(COC(=O)CCCCCCC/C=C\CCC)OC(=O)CCCCCCC/C=C\C/C=C\CCC. The number of carbonyl (C=O) groups is 3. The second kappa shape index (κ2) is 63.6. The Morgan fingerprint density at radius 1 is 0.276 bits per heavy atom. The van der Waals surface area contributed by atoms with Gasteiger partial charge in [0.25, 0.3) is 0 Å². The second-order valence-electron chi connectivity index (χ2n) is 20.9. The lowest BCUT2D eigenvalue weighted by molar-refractivity contribution is -0.167. The van der Waals surface area contributed by atoms with E-state index >= 15 is 0 Å². The molecule has 0 aromatic rings. The highest BCUT2D eigenvalue weighted by Crippen LogP contribution is 2.16. The molecule has 0 rings (SSSR count). The van der Waals surface area contributed by atoms with E-state index in [0.29, 0.717) is 19.3 Å². The van der Waals surface area contributed by atoms with Crippen LogP contribution < -0.4 is 0 Å². The van der Waals surface area contributed by atoms with E-state index in [2.05, 4.69) is 130 Å². The van der Waals surface area contributed by atoms with Crippen LogP contribution in [0.1, 0.15) is 297 Å². The molecule has 0 N–H and O–H groups in total. The fraction of sp³-hybridized carbons (Fsp3) is 0.700. The van der Waals surface area contributed by atoms with Crippen LogP contribution in [0.4, 0.5) is 0 Å². The number of allylic oxidation sites excluding steroid dienone is 18. The third kappa shape index (κ3) is 60.9. The van der Waals surface area contributed by atoms with E-state index in [4.69, 9.17) is 14.2 Å². The molecular formula is C70H118O6. The summed E-state index contributed by atoms with van der Waals surface area (Å²) in [5.41, 5.74) is 0. The molecule has 76 heavy (non-hydrogen) atoms. The minimum atomic E-state index is -0.787. The fourth-order valence-electron chi connectivity index (χ4n) is 8.72. The molecule has 434 valence electrons.